The summed E-state index contributed by atoms with van der Waals surface area (Å²) in [6.07, 6.45) is 0. The summed E-state index contributed by atoms with van der Waals surface area (Å²) in [5.74, 6) is -0.540. The summed E-state index contributed by atoms with van der Waals surface area (Å²) < 4.78 is 14.6. The number of hydrogen-bond donors (Lipinski definition) is 1. The van der Waals surface area contributed by atoms with E-state index in [1.165, 1.54) is 17.4 Å². The second kappa shape index (κ2) is 6.49. The van der Waals surface area contributed by atoms with Gasteiger partial charge in [-0.05, 0) is 29.8 Å². The third-order valence-electron chi connectivity index (χ3n) is 3.99. The maximum Gasteiger partial charge on any atom is 0.265 e. The minimum atomic E-state index is -0.308. The first-order chi connectivity index (χ1) is 12.2. The summed E-state index contributed by atoms with van der Waals surface area (Å²) in [4.78, 5) is 13.1. The van der Waals surface area contributed by atoms with Crippen LogP contribution in [0.2, 0.25) is 0 Å². The summed E-state index contributed by atoms with van der Waals surface area (Å²) in [6, 6.07) is 24.0. The molecule has 0 saturated carbocycles. The number of rotatable bonds is 3. The Morgan fingerprint density at radius 2 is 1.64 bits per heavy atom. The van der Waals surface area contributed by atoms with Crippen LogP contribution in [0.1, 0.15) is 9.67 Å². The number of hydrogen-bond acceptors (Lipinski definition) is 2. The molecule has 0 aliphatic rings. The second-order valence-electron chi connectivity index (χ2n) is 5.63. The molecular formula is C21H14FNOS. The lowest BCUT2D eigenvalue weighted by Gasteiger charge is -2.10. The van der Waals surface area contributed by atoms with E-state index >= 15 is 0 Å². The maximum absolute atomic E-state index is 13.9. The van der Waals surface area contributed by atoms with E-state index in [0.717, 1.165) is 21.5 Å². The normalized spacial score (nSPS) is 10.8. The fourth-order valence-electron chi connectivity index (χ4n) is 2.78. The Morgan fingerprint density at radius 1 is 0.880 bits per heavy atom. The van der Waals surface area contributed by atoms with Crippen LogP contribution < -0.4 is 5.32 Å². The van der Waals surface area contributed by atoms with Crippen molar-refractivity contribution in [3.05, 3.63) is 89.6 Å². The molecular weight excluding hydrogens is 333 g/mol. The van der Waals surface area contributed by atoms with E-state index in [1.807, 2.05) is 60.7 Å². The fraction of sp³-hybridized carbons (Fsp3) is 0. The minimum absolute atomic E-state index is 0.232. The van der Waals surface area contributed by atoms with Crippen molar-refractivity contribution in [3.8, 4) is 11.1 Å². The van der Waals surface area contributed by atoms with Crippen molar-refractivity contribution in [1.82, 2.24) is 0 Å². The van der Waals surface area contributed by atoms with Gasteiger partial charge in [-0.25, -0.2) is 4.39 Å². The van der Waals surface area contributed by atoms with E-state index < -0.39 is 0 Å². The first-order valence-corrected chi connectivity index (χ1v) is 8.68. The van der Waals surface area contributed by atoms with Gasteiger partial charge in [0.15, 0.2) is 0 Å². The highest BCUT2D eigenvalue weighted by atomic mass is 32.1. The van der Waals surface area contributed by atoms with Gasteiger partial charge in [0, 0.05) is 21.3 Å². The van der Waals surface area contributed by atoms with Crippen molar-refractivity contribution in [2.24, 2.45) is 0 Å². The van der Waals surface area contributed by atoms with Crippen molar-refractivity contribution in [2.75, 3.05) is 5.32 Å². The van der Waals surface area contributed by atoms with Gasteiger partial charge < -0.3 is 5.32 Å². The predicted octanol–water partition coefficient (Wildman–Crippen LogP) is 5.96. The first kappa shape index (κ1) is 15.5. The molecule has 4 rings (SSSR count). The number of fused-ring (bicyclic) bond motifs is 1. The average molecular weight is 347 g/mol. The Kier molecular flexibility index (Phi) is 4.04. The first-order valence-electron chi connectivity index (χ1n) is 7.86. The molecule has 1 aromatic heterocycles. The molecule has 1 amide bonds. The van der Waals surface area contributed by atoms with Crippen LogP contribution in [0.15, 0.2) is 78.9 Å². The van der Waals surface area contributed by atoms with E-state index in [2.05, 4.69) is 5.32 Å². The Labute approximate surface area is 148 Å². The lowest BCUT2D eigenvalue weighted by molar-refractivity contribution is 0.103. The van der Waals surface area contributed by atoms with Crippen molar-refractivity contribution in [2.45, 2.75) is 0 Å². The van der Waals surface area contributed by atoms with Crippen LogP contribution in [-0.4, -0.2) is 5.91 Å². The lowest BCUT2D eigenvalue weighted by Crippen LogP contribution is -2.10. The number of thiophene rings is 1. The van der Waals surface area contributed by atoms with Gasteiger partial charge in [-0.3, -0.25) is 4.79 Å². The Balaban J connectivity index is 1.68. The van der Waals surface area contributed by atoms with Crippen LogP contribution in [-0.2, 0) is 0 Å². The van der Waals surface area contributed by atoms with E-state index in [1.54, 1.807) is 12.1 Å². The van der Waals surface area contributed by atoms with Crippen molar-refractivity contribution in [1.29, 1.82) is 0 Å². The number of anilines is 1. The standard InChI is InChI=1S/C21H14FNOS/c22-17-10-6-12-19-16(17)13-20(25-19)21(24)23-18-11-5-4-9-15(18)14-7-2-1-3-8-14/h1-13H,(H,23,24). The van der Waals surface area contributed by atoms with Gasteiger partial charge >= 0.3 is 0 Å². The van der Waals surface area contributed by atoms with Gasteiger partial charge in [0.1, 0.15) is 5.82 Å². The summed E-state index contributed by atoms with van der Waals surface area (Å²) in [5.41, 5.74) is 2.71. The molecule has 0 aliphatic heterocycles. The molecule has 0 bridgehead atoms. The van der Waals surface area contributed by atoms with Crippen LogP contribution in [0.4, 0.5) is 10.1 Å². The van der Waals surface area contributed by atoms with E-state index in [4.69, 9.17) is 0 Å². The molecule has 0 unspecified atom stereocenters. The topological polar surface area (TPSA) is 29.1 Å². The molecule has 4 heteroatoms. The molecule has 0 fully saturated rings. The van der Waals surface area contributed by atoms with Crippen molar-refractivity contribution < 1.29 is 9.18 Å². The molecule has 2 nitrogen and oxygen atoms in total. The zero-order valence-electron chi connectivity index (χ0n) is 13.2. The zero-order valence-corrected chi connectivity index (χ0v) is 14.0. The van der Waals surface area contributed by atoms with Gasteiger partial charge in [-0.15, -0.1) is 11.3 Å². The number of amides is 1. The number of halogens is 1. The fourth-order valence-corrected chi connectivity index (χ4v) is 3.75. The Hall–Kier alpha value is -2.98. The van der Waals surface area contributed by atoms with Crippen LogP contribution in [0.25, 0.3) is 21.2 Å². The van der Waals surface area contributed by atoms with E-state index in [9.17, 15) is 9.18 Å². The third kappa shape index (κ3) is 3.04. The molecule has 0 spiro atoms. The number of benzene rings is 3. The molecule has 0 atom stereocenters. The molecule has 1 N–H and O–H groups in total. The monoisotopic (exact) mass is 347 g/mol. The van der Waals surface area contributed by atoms with Gasteiger partial charge in [0.25, 0.3) is 5.91 Å². The smallest absolute Gasteiger partial charge is 0.265 e. The highest BCUT2D eigenvalue weighted by molar-refractivity contribution is 7.20. The van der Waals surface area contributed by atoms with Crippen LogP contribution in [0, 0.1) is 5.82 Å². The lowest BCUT2D eigenvalue weighted by atomic mass is 10.0. The number of carbonyl (C=O) groups excluding carboxylic acids is 1. The van der Waals surface area contributed by atoms with Crippen LogP contribution >= 0.6 is 11.3 Å². The van der Waals surface area contributed by atoms with Gasteiger partial charge in [-0.1, -0.05) is 54.6 Å². The average Bonchev–Trinajstić information content (AvgIpc) is 3.09. The minimum Gasteiger partial charge on any atom is -0.321 e. The van der Waals surface area contributed by atoms with Gasteiger partial charge in [-0.2, -0.15) is 0 Å². The predicted molar refractivity (Wildman–Crippen MR) is 102 cm³/mol. The van der Waals surface area contributed by atoms with Gasteiger partial charge in [0.2, 0.25) is 0 Å². The van der Waals surface area contributed by atoms with Gasteiger partial charge in [0.05, 0.1) is 4.88 Å². The largest absolute Gasteiger partial charge is 0.321 e. The van der Waals surface area contributed by atoms with Crippen molar-refractivity contribution >= 4 is 33.0 Å². The summed E-state index contributed by atoms with van der Waals surface area (Å²) in [5, 5.41) is 3.44. The Morgan fingerprint density at radius 3 is 2.44 bits per heavy atom. The zero-order chi connectivity index (χ0) is 17.2. The molecule has 3 aromatic carbocycles. The second-order valence-corrected chi connectivity index (χ2v) is 6.71. The van der Waals surface area contributed by atoms with Crippen LogP contribution in [0.3, 0.4) is 0 Å². The van der Waals surface area contributed by atoms with E-state index in [0.29, 0.717) is 10.3 Å². The highest BCUT2D eigenvalue weighted by Crippen LogP contribution is 2.31. The quantitative estimate of drug-likeness (QED) is 0.487. The summed E-state index contributed by atoms with van der Waals surface area (Å²) >= 11 is 1.29. The third-order valence-corrected chi connectivity index (χ3v) is 5.09. The number of carbonyl (C=O) groups is 1. The molecule has 0 aliphatic carbocycles. The summed E-state index contributed by atoms with van der Waals surface area (Å²) in [6.45, 7) is 0. The van der Waals surface area contributed by atoms with Crippen molar-refractivity contribution in [3.63, 3.8) is 0 Å². The van der Waals surface area contributed by atoms with E-state index in [-0.39, 0.29) is 11.7 Å². The highest BCUT2D eigenvalue weighted by Gasteiger charge is 2.14. The number of nitrogens with one attached hydrogen (secondary N) is 1. The molecule has 0 radical (unpaired) electrons. The SMILES string of the molecule is O=C(Nc1ccccc1-c1ccccc1)c1cc2c(F)cccc2s1. The molecule has 122 valence electrons. The van der Waals surface area contributed by atoms with Crippen LogP contribution in [0.5, 0.6) is 0 Å². The molecule has 4 aromatic rings. The maximum atomic E-state index is 13.9. The number of para-hydroxylation sites is 1. The summed E-state index contributed by atoms with van der Waals surface area (Å²) in [7, 11) is 0. The molecule has 25 heavy (non-hydrogen) atoms. The molecule has 1 heterocycles. The Bertz CT molecular complexity index is 1060. The molecule has 0 saturated heterocycles.